The SMILES string of the molecule is Brc1ccc2[nH]c3ccc(Br)cc3c2c1.C#Cc1cccc(C#C)c1.C=C.CC(C)(C)C#Cc1ccc2c(c1)C1CC(C#Cc3cc(C#Cc4ccc5[nH]c6ccc(C#Cc7cc(C#Cc8ccc9[nH]c%10ccc(C#CC(C)(C)C)cc%10c9c8)cc(C#Cc8ccc9[nH]c%10ccc(C#CC(C)(C)C)cc%10c9c8)c7)cc6c5c4)cc(C#Cc4ccc5[nH]c6ccc(C#CC(C)(C)C)cc6c5c4)c3)=CC=C1N2. The molecule has 5 aromatic heterocycles. The summed E-state index contributed by atoms with van der Waals surface area (Å²) in [5, 5.41) is 14.9. The van der Waals surface area contributed by atoms with Crippen molar-refractivity contribution in [2.45, 2.75) is 95.4 Å². The van der Waals surface area contributed by atoms with E-state index in [9.17, 15) is 0 Å². The van der Waals surface area contributed by atoms with Crippen molar-refractivity contribution in [1.82, 2.24) is 24.9 Å². The van der Waals surface area contributed by atoms with Crippen LogP contribution in [0.15, 0.2) is 306 Å². The number of benzene rings is 14. The Morgan fingerprint density at radius 1 is 0.250 bits per heavy atom. The highest BCUT2D eigenvalue weighted by Crippen LogP contribution is 2.45. The Labute approximate surface area is 836 Å². The van der Waals surface area contributed by atoms with Crippen LogP contribution in [0.25, 0.3) is 109 Å². The number of terminal acetylenes is 2. The fourth-order valence-electron chi connectivity index (χ4n) is 16.8. The van der Waals surface area contributed by atoms with E-state index in [0.29, 0.717) is 0 Å². The van der Waals surface area contributed by atoms with Gasteiger partial charge in [-0.15, -0.1) is 26.0 Å². The predicted molar refractivity (Wildman–Crippen MR) is 597 cm³/mol. The first-order valence-electron chi connectivity index (χ1n) is 46.4. The molecule has 140 heavy (non-hydrogen) atoms. The average molecular weight is 1930 g/mol. The van der Waals surface area contributed by atoms with E-state index >= 15 is 0 Å². The molecular weight excluding hydrogens is 1830 g/mol. The lowest BCUT2D eigenvalue weighted by Gasteiger charge is -2.16. The minimum atomic E-state index is -0.108. The molecule has 1 unspecified atom stereocenters. The number of aromatic nitrogens is 5. The fraction of sp³-hybridized carbons (Fsp3) is 0.136. The van der Waals surface area contributed by atoms with Crippen molar-refractivity contribution in [3.8, 4) is 143 Å². The summed E-state index contributed by atoms with van der Waals surface area (Å²) in [5.74, 6) is 74.7. The van der Waals surface area contributed by atoms with Crippen molar-refractivity contribution in [2.24, 2.45) is 21.7 Å². The highest BCUT2D eigenvalue weighted by Gasteiger charge is 2.30. The van der Waals surface area contributed by atoms with Crippen LogP contribution in [0.2, 0.25) is 0 Å². The molecule has 1 atom stereocenters. The largest absolute Gasteiger partial charge is 0.358 e. The number of hydrogen-bond acceptors (Lipinski definition) is 1. The number of halogens is 2. The molecule has 0 bridgehead atoms. The molecule has 1 aliphatic heterocycles. The number of nitrogens with one attached hydrogen (secondary N) is 6. The minimum Gasteiger partial charge on any atom is -0.358 e. The molecule has 0 saturated carbocycles. The van der Waals surface area contributed by atoms with E-state index < -0.39 is 0 Å². The third-order valence-corrected chi connectivity index (χ3v) is 24.4. The lowest BCUT2D eigenvalue weighted by atomic mass is 9.87. The number of aromatic amines is 5. The van der Waals surface area contributed by atoms with Crippen LogP contribution in [-0.4, -0.2) is 24.9 Å². The summed E-state index contributed by atoms with van der Waals surface area (Å²) >= 11 is 6.99. The molecule has 8 heteroatoms. The van der Waals surface area contributed by atoms with Crippen molar-refractivity contribution in [3.63, 3.8) is 0 Å². The number of anilines is 1. The van der Waals surface area contributed by atoms with Crippen molar-refractivity contribution in [3.05, 3.63) is 407 Å². The average Bonchev–Trinajstić information content (AvgIpc) is 1.65. The molecule has 21 rings (SSSR count). The van der Waals surface area contributed by atoms with Gasteiger partial charge in [0, 0.05) is 257 Å². The fourth-order valence-corrected chi connectivity index (χ4v) is 17.5. The third kappa shape index (κ3) is 22.3. The molecule has 0 fully saturated rings. The molecule has 0 spiro atoms. The Bertz CT molecular complexity index is 9010. The van der Waals surface area contributed by atoms with Crippen LogP contribution in [0, 0.1) is 165 Å². The van der Waals surface area contributed by atoms with E-state index in [4.69, 9.17) is 12.8 Å². The Morgan fingerprint density at radius 3 is 0.750 bits per heavy atom. The summed E-state index contributed by atoms with van der Waals surface area (Å²) in [5.41, 5.74) is 29.7. The zero-order chi connectivity index (χ0) is 97.7. The van der Waals surface area contributed by atoms with Crippen molar-refractivity contribution in [1.29, 1.82) is 0 Å². The van der Waals surface area contributed by atoms with Gasteiger partial charge in [-0.05, 0) is 362 Å². The molecule has 668 valence electrons. The number of H-pyrrole nitrogens is 5. The standard InChI is InChI=1S/C108H79N5.C12H7Br2N.C10H6.C2H4/c1-105(2,3)49-45-75-31-41-101-91(65-75)87-61-71(27-37-97(87)110-101)15-21-81-53-79(54-82(57-81)22-16-72-28-38-98-88(62-72)92-66-76(32-42-102(92)111-98)46-50-106(4,5)6)19-13-69-25-35-95-85(59-69)86-60-70(26-36-96(86)109-95)14-20-80-55-83(23-17-73-29-39-99-89(63-73)93-67-77(33-43-103(93)112-99)47-51-107(7,8)9)58-84(56-80)24-18-74-30-40-100-90(64-74)94-68-78(34-44-104(94)113-100)48-52-108(10,11)12;13-7-1-3-11-9(5-7)10-6-8(14)2-4-12(10)15-11;1-3-9-6-5-7-10(4-2)8-9;1-2/h25-44,53-63,65-68,90,109-113H,64H2,1-12H3;1-6,15H;1-2,5-8H;1-2H2. The maximum Gasteiger partial charge on any atom is 0.0465 e. The van der Waals surface area contributed by atoms with Crippen LogP contribution in [-0.2, 0) is 0 Å². The second-order valence-electron chi connectivity index (χ2n) is 39.1. The monoisotopic (exact) mass is 1920 g/mol. The van der Waals surface area contributed by atoms with Gasteiger partial charge in [0.1, 0.15) is 0 Å². The van der Waals surface area contributed by atoms with Crippen LogP contribution < -0.4 is 5.32 Å². The van der Waals surface area contributed by atoms with Gasteiger partial charge in [0.15, 0.2) is 0 Å². The molecule has 6 N–H and O–H groups in total. The molecule has 0 radical (unpaired) electrons. The lowest BCUT2D eigenvalue weighted by Crippen LogP contribution is -2.05. The summed E-state index contributed by atoms with van der Waals surface area (Å²) in [6, 6.07) is 89.6. The summed E-state index contributed by atoms with van der Waals surface area (Å²) in [7, 11) is 0. The van der Waals surface area contributed by atoms with Crippen LogP contribution in [0.5, 0.6) is 0 Å². The van der Waals surface area contributed by atoms with E-state index in [2.05, 4.69) is 525 Å². The number of allylic oxidation sites excluding steroid dienone is 4. The molecule has 6 heterocycles. The normalized spacial score (nSPS) is 12.2. The molecule has 0 saturated heterocycles. The second-order valence-corrected chi connectivity index (χ2v) is 40.9. The van der Waals surface area contributed by atoms with Gasteiger partial charge in [-0.3, -0.25) is 0 Å². The quantitative estimate of drug-likeness (QED) is 0.0663. The molecular formula is C132H96Br2N6. The first-order chi connectivity index (χ1) is 67.4. The van der Waals surface area contributed by atoms with Crippen LogP contribution in [0.1, 0.15) is 196 Å². The van der Waals surface area contributed by atoms with E-state index in [1.165, 1.54) is 33.1 Å². The van der Waals surface area contributed by atoms with Crippen LogP contribution in [0.3, 0.4) is 0 Å². The Morgan fingerprint density at radius 2 is 0.479 bits per heavy atom. The van der Waals surface area contributed by atoms with Crippen molar-refractivity contribution >= 4 is 147 Å². The second kappa shape index (κ2) is 39.2. The number of rotatable bonds is 0. The highest BCUT2D eigenvalue weighted by molar-refractivity contribution is 9.10. The Balaban J connectivity index is 0.000000413. The van der Waals surface area contributed by atoms with E-state index in [1.807, 2.05) is 30.3 Å². The van der Waals surface area contributed by atoms with Gasteiger partial charge in [-0.1, -0.05) is 168 Å². The van der Waals surface area contributed by atoms with Gasteiger partial charge in [-0.2, -0.15) is 0 Å². The van der Waals surface area contributed by atoms with Crippen molar-refractivity contribution in [2.75, 3.05) is 5.32 Å². The van der Waals surface area contributed by atoms with Crippen molar-refractivity contribution < 1.29 is 0 Å². The summed E-state index contributed by atoms with van der Waals surface area (Å²) in [4.78, 5) is 17.8. The molecule has 14 aromatic carbocycles. The first kappa shape index (κ1) is 93.2. The number of fused-ring (bicyclic) bond motifs is 18. The van der Waals surface area contributed by atoms with Crippen LogP contribution >= 0.6 is 31.9 Å². The number of hydrogen-bond donors (Lipinski definition) is 6. The van der Waals surface area contributed by atoms with E-state index in [0.717, 1.165) is 208 Å². The summed E-state index contributed by atoms with van der Waals surface area (Å²) < 4.78 is 2.21. The molecule has 6 nitrogen and oxygen atoms in total. The zero-order valence-electron chi connectivity index (χ0n) is 80.1. The van der Waals surface area contributed by atoms with E-state index in [-0.39, 0.29) is 27.6 Å². The molecule has 1 aliphatic carbocycles. The smallest absolute Gasteiger partial charge is 0.0465 e. The van der Waals surface area contributed by atoms with Crippen LogP contribution in [0.4, 0.5) is 5.69 Å². The third-order valence-electron chi connectivity index (χ3n) is 23.4. The topological polar surface area (TPSA) is 91.0 Å². The van der Waals surface area contributed by atoms with Gasteiger partial charge >= 0.3 is 0 Å². The molecule has 19 aromatic rings. The predicted octanol–water partition coefficient (Wildman–Crippen LogP) is 30.9. The van der Waals surface area contributed by atoms with Gasteiger partial charge in [-0.25, -0.2) is 0 Å². The molecule has 2 aliphatic rings. The molecule has 0 amide bonds. The maximum atomic E-state index is 5.15. The first-order valence-corrected chi connectivity index (χ1v) is 47.9. The van der Waals surface area contributed by atoms with Gasteiger partial charge in [0.2, 0.25) is 0 Å². The van der Waals surface area contributed by atoms with Gasteiger partial charge in [0.25, 0.3) is 0 Å². The Kier molecular flexibility index (Phi) is 26.1. The maximum absolute atomic E-state index is 5.15. The Hall–Kier alpha value is -17.2. The zero-order valence-corrected chi connectivity index (χ0v) is 83.3. The lowest BCUT2D eigenvalue weighted by molar-refractivity contribution is 0.570. The van der Waals surface area contributed by atoms with Gasteiger partial charge < -0.3 is 30.2 Å². The summed E-state index contributed by atoms with van der Waals surface area (Å²) in [6.07, 6.45) is 15.4. The van der Waals surface area contributed by atoms with E-state index in [1.54, 1.807) is 6.07 Å². The highest BCUT2D eigenvalue weighted by atomic mass is 79.9. The van der Waals surface area contributed by atoms with Gasteiger partial charge in [0.05, 0.1) is 0 Å². The minimum absolute atomic E-state index is 0.0942. The summed E-state index contributed by atoms with van der Waals surface area (Å²) in [6.45, 7) is 31.6.